The molecule has 0 spiro atoms. The topological polar surface area (TPSA) is 55.7 Å². The second-order valence-corrected chi connectivity index (χ2v) is 36.3. The Labute approximate surface area is 580 Å². The van der Waals surface area contributed by atoms with Crippen molar-refractivity contribution in [2.24, 2.45) is 10.8 Å². The fourth-order valence-electron chi connectivity index (χ4n) is 15.5. The summed E-state index contributed by atoms with van der Waals surface area (Å²) in [5, 5.41) is 31.2. The Bertz CT molecular complexity index is 4520. The number of phenolic OH excluding ortho intramolecular Hbond substituents is 2. The van der Waals surface area contributed by atoms with Gasteiger partial charge in [0.15, 0.2) is 12.2 Å². The third-order valence-electron chi connectivity index (χ3n) is 20.4. The molecule has 8 heteroatoms. The van der Waals surface area contributed by atoms with Gasteiger partial charge in [-0.3, -0.25) is 0 Å². The number of aromatic nitrogens is 2. The number of halogens is 2. The lowest BCUT2D eigenvalue weighted by molar-refractivity contribution is -0.0942. The van der Waals surface area contributed by atoms with E-state index in [9.17, 15) is 10.2 Å². The number of fused-ring (bicyclic) bond motifs is 6. The van der Waals surface area contributed by atoms with E-state index in [-0.39, 0.29) is 44.0 Å². The maximum atomic E-state index is 16.8. The molecule has 10 aromatic rings. The molecule has 6 nitrogen and oxygen atoms in total. The fraction of sp³-hybridized carbons (Fsp3) is 0.438. The molecule has 0 aliphatic rings. The predicted molar refractivity (Wildman–Crippen MR) is 409 cm³/mol. The van der Waals surface area contributed by atoms with Crippen LogP contribution in [0.3, 0.4) is 0 Å². The molecule has 10 rings (SSSR count). The van der Waals surface area contributed by atoms with Gasteiger partial charge in [0.25, 0.3) is 0 Å². The average molecular weight is 1310 g/mol. The van der Waals surface area contributed by atoms with Gasteiger partial charge in [-0.2, -0.15) is 0 Å². The molecule has 0 amide bonds. The maximum absolute atomic E-state index is 16.8. The van der Waals surface area contributed by atoms with E-state index in [1.807, 2.05) is 6.92 Å². The summed E-state index contributed by atoms with van der Waals surface area (Å²) in [5.74, 6) is 0.365. The van der Waals surface area contributed by atoms with E-state index < -0.39 is 34.7 Å². The summed E-state index contributed by atoms with van der Waals surface area (Å²) in [4.78, 5) is 0. The molecule has 0 bridgehead atoms. The van der Waals surface area contributed by atoms with E-state index >= 15 is 8.78 Å². The van der Waals surface area contributed by atoms with Crippen LogP contribution in [0.5, 0.6) is 23.0 Å². The third kappa shape index (κ3) is 14.2. The van der Waals surface area contributed by atoms with Gasteiger partial charge in [0.1, 0.15) is 29.6 Å². The van der Waals surface area contributed by atoms with Gasteiger partial charge in [-0.15, -0.1) is 0 Å². The number of aromatic hydroxyl groups is 2. The van der Waals surface area contributed by atoms with Gasteiger partial charge in [0, 0.05) is 58.1 Å². The molecule has 8 aromatic carbocycles. The Hall–Kier alpha value is -7.58. The van der Waals surface area contributed by atoms with Crippen molar-refractivity contribution in [3.8, 4) is 56.6 Å². The summed E-state index contributed by atoms with van der Waals surface area (Å²) < 4.78 is 44.0. The second kappa shape index (κ2) is 25.0. The Kier molecular flexibility index (Phi) is 18.6. The lowest BCUT2D eigenvalue weighted by Crippen LogP contribution is -2.26. The van der Waals surface area contributed by atoms with Gasteiger partial charge < -0.3 is 28.1 Å². The molecular formula is C89H112F2N2O4. The second-order valence-electron chi connectivity index (χ2n) is 36.3. The van der Waals surface area contributed by atoms with E-state index in [1.165, 1.54) is 34.4 Å². The summed E-state index contributed by atoms with van der Waals surface area (Å²) in [6.45, 7) is 55.5. The van der Waals surface area contributed by atoms with Gasteiger partial charge in [-0.25, -0.2) is 8.78 Å². The number of hydrogen-bond acceptors (Lipinski definition) is 2. The van der Waals surface area contributed by atoms with Crippen LogP contribution in [0.2, 0.25) is 0 Å². The number of rotatable bonds is 15. The van der Waals surface area contributed by atoms with Gasteiger partial charge in [0.2, 0.25) is 11.5 Å². The quantitative estimate of drug-likeness (QED) is 0.0794. The summed E-state index contributed by atoms with van der Waals surface area (Å²) in [7, 11) is 9.44. The van der Waals surface area contributed by atoms with Crippen molar-refractivity contribution in [3.63, 3.8) is 0 Å². The van der Waals surface area contributed by atoms with Crippen molar-refractivity contribution < 1.29 is 27.7 Å². The lowest BCUT2D eigenvalue weighted by Gasteiger charge is -2.41. The van der Waals surface area contributed by atoms with Crippen LogP contribution in [-0.4, -0.2) is 31.6 Å². The van der Waals surface area contributed by atoms with Crippen LogP contribution < -0.4 is 0 Å². The molecule has 0 unspecified atom stereocenters. The highest BCUT2D eigenvalue weighted by molar-refractivity contribution is 6.11. The van der Waals surface area contributed by atoms with Gasteiger partial charge in [-0.1, -0.05) is 208 Å². The average Bonchev–Trinajstić information content (AvgIpc) is 1.59. The summed E-state index contributed by atoms with van der Waals surface area (Å²) >= 11 is 0. The minimum Gasteiger partial charge on any atom is -0.709 e. The molecule has 2 heterocycles. The normalized spacial score (nSPS) is 14.0. The van der Waals surface area contributed by atoms with Crippen LogP contribution in [0, 0.1) is 36.7 Å². The molecule has 97 heavy (non-hydrogen) atoms. The molecular weight excluding hydrogens is 1200 g/mol. The first kappa shape index (κ1) is 72.2. The first-order valence-corrected chi connectivity index (χ1v) is 35.2. The van der Waals surface area contributed by atoms with Crippen molar-refractivity contribution in [2.45, 2.75) is 243 Å². The van der Waals surface area contributed by atoms with Crippen LogP contribution in [0.15, 0.2) is 127 Å². The minimum absolute atomic E-state index is 0.0217. The van der Waals surface area contributed by atoms with Crippen LogP contribution in [0.25, 0.3) is 77.2 Å². The molecule has 2 aromatic heterocycles. The number of aryl methyl sites for hydroxylation is 1. The smallest absolute Gasteiger partial charge is 0.238 e. The Balaban J connectivity index is 1.13. The number of nitrogens with zero attached hydrogens (tertiary/aromatic N) is 2. The van der Waals surface area contributed by atoms with E-state index in [0.29, 0.717) is 63.5 Å². The highest BCUT2D eigenvalue weighted by atomic mass is 19.1. The summed E-state index contributed by atoms with van der Waals surface area (Å²) in [6.07, 6.45) is 1.77. The van der Waals surface area contributed by atoms with Crippen molar-refractivity contribution in [1.29, 1.82) is 0 Å². The number of phenols is 2. The zero-order valence-electron chi connectivity index (χ0n) is 63.4. The highest BCUT2D eigenvalue weighted by Gasteiger charge is 2.37. The van der Waals surface area contributed by atoms with Gasteiger partial charge in [0.05, 0.1) is 44.6 Å². The molecule has 0 fully saturated rings. The molecule has 516 valence electrons. The van der Waals surface area contributed by atoms with Crippen LogP contribution in [0.4, 0.5) is 8.78 Å². The Morgan fingerprint density at radius 3 is 1.07 bits per heavy atom. The van der Waals surface area contributed by atoms with Gasteiger partial charge >= 0.3 is 0 Å². The summed E-state index contributed by atoms with van der Waals surface area (Å²) in [5.41, 5.74) is 12.9. The molecule has 0 saturated heterocycles. The SMILES string of the molecule is [CH2-][O+](c1c(CC)cc(F)cc1-c1cc(C(C)(C)CC(C)(C)C)cc(-n2c3cc(C(C)(C)C)ccc3c3ccc(C(C)(C)C)cc32)c1O)[C@H](C)C[C@H](C)[O+]([CH2-])c1ccc(F)cc1-c1cc(C(C)(C)CC(C)(C)C)cc(-n2c3cc(C(C)(C)C)ccc3c3ccc(C(C)(C)C)cc32)c1O. The van der Waals surface area contributed by atoms with E-state index in [4.69, 9.17) is 7.11 Å². The monoisotopic (exact) mass is 1310 g/mol. The van der Waals surface area contributed by atoms with Crippen molar-refractivity contribution in [2.75, 3.05) is 0 Å². The first-order chi connectivity index (χ1) is 44.6. The predicted octanol–water partition coefficient (Wildman–Crippen LogP) is 26.1. The lowest BCUT2D eigenvalue weighted by atomic mass is 9.71. The van der Waals surface area contributed by atoms with Crippen LogP contribution in [-0.2, 0) is 47.6 Å². The molecule has 0 aliphatic heterocycles. The van der Waals surface area contributed by atoms with E-state index in [1.54, 1.807) is 18.2 Å². The van der Waals surface area contributed by atoms with Crippen LogP contribution >= 0.6 is 0 Å². The number of hydrogen-bond donors (Lipinski definition) is 2. The Morgan fingerprint density at radius 2 is 0.732 bits per heavy atom. The zero-order chi connectivity index (χ0) is 71.7. The van der Waals surface area contributed by atoms with E-state index in [0.717, 1.165) is 67.6 Å². The fourth-order valence-corrected chi connectivity index (χ4v) is 15.5. The number of benzene rings is 8. The molecule has 0 aliphatic carbocycles. The van der Waals surface area contributed by atoms with Crippen LogP contribution in [0.1, 0.15) is 231 Å². The molecule has 0 saturated carbocycles. The molecule has 0 radical (unpaired) electrons. The van der Waals surface area contributed by atoms with E-state index in [2.05, 4.69) is 288 Å². The van der Waals surface area contributed by atoms with Crippen molar-refractivity contribution in [1.82, 2.24) is 9.13 Å². The minimum atomic E-state index is -0.453. The highest BCUT2D eigenvalue weighted by Crippen LogP contribution is 2.54. The zero-order valence-corrected chi connectivity index (χ0v) is 63.4. The third-order valence-corrected chi connectivity index (χ3v) is 20.4. The van der Waals surface area contributed by atoms with Gasteiger partial charge in [-0.05, 0) is 183 Å². The Morgan fingerprint density at radius 1 is 0.392 bits per heavy atom. The largest absolute Gasteiger partial charge is 0.709 e. The summed E-state index contributed by atoms with van der Waals surface area (Å²) in [6, 6.07) is 43.2. The maximum Gasteiger partial charge on any atom is 0.238 e. The molecule has 2 atom stereocenters. The van der Waals surface area contributed by atoms with Crippen molar-refractivity contribution in [3.05, 3.63) is 192 Å². The standard InChI is InChI=1S/C89H112F2N2O4/c1-28-55-40-63(91)50-71(70-42-61(89(24,25)52-83(7,8)9)48-77(80(70)95)93-74-45-58(86(16,17)18)31-36-66(74)67-37-32-59(46-75(67)93)87(19,20)21)81(55)97(27)54(3)39-53(2)96(26)78-38-33-62(90)49-68(78)69-41-60(88(22,23)51-82(4,5)6)47-76(79(69)94)92-72-43-56(84(10,11)12)29-34-64(72)65-35-30-57(44-73(65)92)85(13,14)15/h29-38,40-50,53-54,94-95H,26-28,39,51-52H2,1-25H3/t53-,54+/m0/s1. The first-order valence-electron chi connectivity index (χ1n) is 35.2. The molecule has 2 N–H and O–H groups in total. The van der Waals surface area contributed by atoms with Crippen molar-refractivity contribution >= 4 is 43.6 Å².